The number of hydrogen-bond acceptors (Lipinski definition) is 4. The molecule has 5 aliphatic rings. The first-order valence-corrected chi connectivity index (χ1v) is 10.8. The van der Waals surface area contributed by atoms with Crippen LogP contribution >= 0.6 is 0 Å². The highest BCUT2D eigenvalue weighted by atomic mass is 15.3. The molecule has 2 heterocycles. The van der Waals surface area contributed by atoms with Crippen molar-refractivity contribution in [1.82, 2.24) is 15.2 Å². The molecule has 1 aromatic rings. The predicted molar refractivity (Wildman–Crippen MR) is 106 cm³/mol. The van der Waals surface area contributed by atoms with Gasteiger partial charge < -0.3 is 10.2 Å². The maximum Gasteiger partial charge on any atom is 0.128 e. The molecule has 5 fully saturated rings. The van der Waals surface area contributed by atoms with E-state index < -0.39 is 0 Å². The van der Waals surface area contributed by atoms with Gasteiger partial charge in [0.15, 0.2) is 0 Å². The van der Waals surface area contributed by atoms with E-state index in [0.29, 0.717) is 11.6 Å². The van der Waals surface area contributed by atoms with Gasteiger partial charge in [-0.15, -0.1) is 0 Å². The number of hydrogen-bond donors (Lipinski definition) is 1. The third kappa shape index (κ3) is 3.27. The number of nitrogens with one attached hydrogen (secondary N) is 1. The van der Waals surface area contributed by atoms with E-state index in [1.165, 1.54) is 38.5 Å². The lowest BCUT2D eigenvalue weighted by molar-refractivity contribution is -0.0224. The molecule has 1 aromatic heterocycles. The molecule has 4 bridgehead atoms. The second-order valence-corrected chi connectivity index (χ2v) is 9.64. The van der Waals surface area contributed by atoms with Gasteiger partial charge in [0.25, 0.3) is 0 Å². The molecule has 0 radical (unpaired) electrons. The molecule has 0 spiro atoms. The van der Waals surface area contributed by atoms with E-state index in [9.17, 15) is 0 Å². The van der Waals surface area contributed by atoms with Crippen molar-refractivity contribution in [1.29, 1.82) is 0 Å². The van der Waals surface area contributed by atoms with E-state index in [1.807, 2.05) is 12.3 Å². The Labute approximate surface area is 158 Å². The minimum Gasteiger partial charge on any atom is -0.354 e. The molecule has 1 atom stereocenters. The van der Waals surface area contributed by atoms with E-state index >= 15 is 0 Å². The second-order valence-electron chi connectivity index (χ2n) is 9.64. The van der Waals surface area contributed by atoms with E-state index in [-0.39, 0.29) is 0 Å². The summed E-state index contributed by atoms with van der Waals surface area (Å²) in [6, 6.07) is 6.85. The molecule has 26 heavy (non-hydrogen) atoms. The van der Waals surface area contributed by atoms with Crippen LogP contribution in [-0.2, 0) is 0 Å². The van der Waals surface area contributed by atoms with Crippen molar-refractivity contribution >= 4 is 5.82 Å². The lowest BCUT2D eigenvalue weighted by atomic mass is 9.53. The molecule has 4 saturated carbocycles. The number of rotatable bonds is 5. The molecule has 1 aliphatic heterocycles. The fraction of sp³-hybridized carbons (Fsp3) is 0.773. The van der Waals surface area contributed by atoms with Crippen LogP contribution in [0.3, 0.4) is 0 Å². The van der Waals surface area contributed by atoms with Crippen LogP contribution in [0.25, 0.3) is 0 Å². The molecule has 1 saturated heterocycles. The highest BCUT2D eigenvalue weighted by Gasteiger charge is 2.50. The molecule has 1 unspecified atom stereocenters. The number of aromatic nitrogens is 1. The molecular weight excluding hydrogens is 320 g/mol. The van der Waals surface area contributed by atoms with Crippen molar-refractivity contribution in [3.63, 3.8) is 0 Å². The molecule has 142 valence electrons. The maximum atomic E-state index is 4.51. The highest BCUT2D eigenvalue weighted by molar-refractivity contribution is 5.38. The normalized spacial score (nSPS) is 37.9. The van der Waals surface area contributed by atoms with Gasteiger partial charge in [-0.05, 0) is 75.3 Å². The summed E-state index contributed by atoms with van der Waals surface area (Å²) in [7, 11) is 0. The van der Waals surface area contributed by atoms with Gasteiger partial charge >= 0.3 is 0 Å². The van der Waals surface area contributed by atoms with Crippen molar-refractivity contribution in [2.45, 2.75) is 57.0 Å². The summed E-state index contributed by atoms with van der Waals surface area (Å²) in [5.74, 6) is 4.23. The van der Waals surface area contributed by atoms with Gasteiger partial charge in [0.1, 0.15) is 5.82 Å². The van der Waals surface area contributed by atoms with Crippen molar-refractivity contribution in [3.05, 3.63) is 24.4 Å². The SMILES string of the molecule is CC(CNC12CC3CC(CC(C3)C1)C2)N1CCN(c2ccccn2)CC1. The summed E-state index contributed by atoms with van der Waals surface area (Å²) in [6.07, 6.45) is 10.9. The number of nitrogens with zero attached hydrogens (tertiary/aromatic N) is 3. The molecule has 1 N–H and O–H groups in total. The van der Waals surface area contributed by atoms with Gasteiger partial charge in [-0.1, -0.05) is 6.07 Å². The Kier molecular flexibility index (Phi) is 4.44. The first kappa shape index (κ1) is 17.0. The average molecular weight is 355 g/mol. The summed E-state index contributed by atoms with van der Waals surface area (Å²) < 4.78 is 0. The van der Waals surface area contributed by atoms with E-state index in [0.717, 1.165) is 56.3 Å². The molecule has 0 aromatic carbocycles. The van der Waals surface area contributed by atoms with Crippen LogP contribution in [0.1, 0.15) is 45.4 Å². The summed E-state index contributed by atoms with van der Waals surface area (Å²) in [5.41, 5.74) is 0.499. The minimum atomic E-state index is 0.499. The average Bonchev–Trinajstić information content (AvgIpc) is 2.66. The highest BCUT2D eigenvalue weighted by Crippen LogP contribution is 2.55. The fourth-order valence-electron chi connectivity index (χ4n) is 6.75. The third-order valence-corrected chi connectivity index (χ3v) is 7.72. The molecule has 4 heteroatoms. The monoisotopic (exact) mass is 354 g/mol. The van der Waals surface area contributed by atoms with Gasteiger partial charge in [-0.25, -0.2) is 4.98 Å². The predicted octanol–water partition coefficient (Wildman–Crippen LogP) is 3.15. The Balaban J connectivity index is 1.13. The largest absolute Gasteiger partial charge is 0.354 e. The van der Waals surface area contributed by atoms with Crippen molar-refractivity contribution in [2.75, 3.05) is 37.6 Å². The van der Waals surface area contributed by atoms with Crippen LogP contribution in [0.2, 0.25) is 0 Å². The quantitative estimate of drug-likeness (QED) is 0.880. The first-order chi connectivity index (χ1) is 12.7. The van der Waals surface area contributed by atoms with Gasteiger partial charge in [-0.3, -0.25) is 4.90 Å². The molecule has 6 rings (SSSR count). The fourth-order valence-corrected chi connectivity index (χ4v) is 6.75. The van der Waals surface area contributed by atoms with Crippen LogP contribution in [0.5, 0.6) is 0 Å². The van der Waals surface area contributed by atoms with Crippen molar-refractivity contribution in [3.8, 4) is 0 Å². The molecular formula is C22H34N4. The first-order valence-electron chi connectivity index (χ1n) is 10.8. The lowest BCUT2D eigenvalue weighted by Crippen LogP contribution is -2.61. The Morgan fingerprint density at radius 3 is 2.27 bits per heavy atom. The number of pyridine rings is 1. The van der Waals surface area contributed by atoms with Crippen LogP contribution in [0.15, 0.2) is 24.4 Å². The zero-order valence-electron chi connectivity index (χ0n) is 16.2. The zero-order valence-corrected chi connectivity index (χ0v) is 16.2. The topological polar surface area (TPSA) is 31.4 Å². The van der Waals surface area contributed by atoms with Crippen LogP contribution < -0.4 is 10.2 Å². The van der Waals surface area contributed by atoms with Gasteiger partial charge in [0, 0.05) is 50.5 Å². The number of piperazine rings is 1. The van der Waals surface area contributed by atoms with Gasteiger partial charge in [-0.2, -0.15) is 0 Å². The summed E-state index contributed by atoms with van der Waals surface area (Å²) in [6.45, 7) is 8.08. The molecule has 4 aliphatic carbocycles. The standard InChI is InChI=1S/C22H34N4/c1-17(25-6-8-26(9-7-25)21-4-2-3-5-23-21)16-24-22-13-18-10-19(14-22)12-20(11-18)15-22/h2-5,17-20,24H,6-16H2,1H3. The third-order valence-electron chi connectivity index (χ3n) is 7.72. The molecule has 0 amide bonds. The Hall–Kier alpha value is -1.13. The molecule has 4 nitrogen and oxygen atoms in total. The summed E-state index contributed by atoms with van der Waals surface area (Å²) in [5, 5.41) is 4.10. The van der Waals surface area contributed by atoms with E-state index in [2.05, 4.69) is 39.2 Å². The van der Waals surface area contributed by atoms with Crippen LogP contribution in [-0.4, -0.2) is 54.2 Å². The number of anilines is 1. The van der Waals surface area contributed by atoms with E-state index in [1.54, 1.807) is 0 Å². The summed E-state index contributed by atoms with van der Waals surface area (Å²) >= 11 is 0. The van der Waals surface area contributed by atoms with Crippen molar-refractivity contribution in [2.24, 2.45) is 17.8 Å². The van der Waals surface area contributed by atoms with Gasteiger partial charge in [0.05, 0.1) is 0 Å². The van der Waals surface area contributed by atoms with Gasteiger partial charge in [0.2, 0.25) is 0 Å². The van der Waals surface area contributed by atoms with E-state index in [4.69, 9.17) is 0 Å². The Morgan fingerprint density at radius 2 is 1.69 bits per heavy atom. The Morgan fingerprint density at radius 1 is 1.04 bits per heavy atom. The van der Waals surface area contributed by atoms with Crippen LogP contribution in [0.4, 0.5) is 5.82 Å². The van der Waals surface area contributed by atoms with Crippen molar-refractivity contribution < 1.29 is 0 Å². The minimum absolute atomic E-state index is 0.499. The van der Waals surface area contributed by atoms with Crippen LogP contribution in [0, 0.1) is 17.8 Å². The maximum absolute atomic E-state index is 4.51. The smallest absolute Gasteiger partial charge is 0.128 e. The second kappa shape index (κ2) is 6.79. The Bertz CT molecular complexity index is 573. The lowest BCUT2D eigenvalue weighted by Gasteiger charge is -2.57. The summed E-state index contributed by atoms with van der Waals surface area (Å²) in [4.78, 5) is 9.61. The zero-order chi connectivity index (χ0) is 17.6.